The van der Waals surface area contributed by atoms with Crippen LogP contribution in [0.2, 0.25) is 5.02 Å². The van der Waals surface area contributed by atoms with Gasteiger partial charge in [0.1, 0.15) is 5.82 Å². The van der Waals surface area contributed by atoms with E-state index in [4.69, 9.17) is 11.6 Å². The van der Waals surface area contributed by atoms with Crippen LogP contribution in [0.25, 0.3) is 22.3 Å². The Balaban J connectivity index is 1.89. The van der Waals surface area contributed by atoms with Gasteiger partial charge in [0.2, 0.25) is 5.91 Å². The fraction of sp³-hybridized carbons (Fsp3) is 0.200. The summed E-state index contributed by atoms with van der Waals surface area (Å²) < 4.78 is 15.1. The number of carbonyl (C=O) groups is 1. The molecule has 0 unspecified atom stereocenters. The Labute approximate surface area is 180 Å². The number of rotatable bonds is 4. The minimum absolute atomic E-state index is 0.0210. The molecule has 0 radical (unpaired) electrons. The first kappa shape index (κ1) is 20.1. The molecule has 3 aromatic rings. The minimum atomic E-state index is -0.409. The molecule has 3 aromatic carbocycles. The average Bonchev–Trinajstić information content (AvgIpc) is 3.31. The van der Waals surface area contributed by atoms with Gasteiger partial charge in [0.15, 0.2) is 0 Å². The van der Waals surface area contributed by atoms with Crippen LogP contribution in [-0.2, 0) is 4.79 Å². The number of halogens is 2. The number of hydrogen-bond acceptors (Lipinski definition) is 2. The quantitative estimate of drug-likeness (QED) is 0.505. The molecule has 0 bridgehead atoms. The van der Waals surface area contributed by atoms with Gasteiger partial charge in [0.25, 0.3) is 0 Å². The second-order valence-corrected chi connectivity index (χ2v) is 7.95. The van der Waals surface area contributed by atoms with E-state index < -0.39 is 5.82 Å². The van der Waals surface area contributed by atoms with E-state index in [1.807, 2.05) is 6.07 Å². The lowest BCUT2D eigenvalue weighted by Gasteiger charge is -2.19. The number of benzene rings is 3. The van der Waals surface area contributed by atoms with Gasteiger partial charge in [-0.3, -0.25) is 4.79 Å². The van der Waals surface area contributed by atoms with Crippen LogP contribution in [0.5, 0.6) is 0 Å². The number of hydrogen-bond donors (Lipinski definition) is 1. The Bertz CT molecular complexity index is 1130. The summed E-state index contributed by atoms with van der Waals surface area (Å²) in [4.78, 5) is 12.8. The Morgan fingerprint density at radius 1 is 1.00 bits per heavy atom. The van der Waals surface area contributed by atoms with Crippen LogP contribution in [0.1, 0.15) is 31.2 Å². The summed E-state index contributed by atoms with van der Waals surface area (Å²) in [5.74, 6) is -0.472. The van der Waals surface area contributed by atoms with Gasteiger partial charge in [-0.25, -0.2) is 4.39 Å². The van der Waals surface area contributed by atoms with E-state index in [0.717, 1.165) is 25.7 Å². The van der Waals surface area contributed by atoms with E-state index in [1.54, 1.807) is 48.5 Å². The van der Waals surface area contributed by atoms with Gasteiger partial charge < -0.3 is 5.32 Å². The maximum atomic E-state index is 15.1. The van der Waals surface area contributed by atoms with E-state index in [2.05, 4.69) is 11.4 Å². The topological polar surface area (TPSA) is 52.9 Å². The van der Waals surface area contributed by atoms with E-state index in [1.165, 1.54) is 6.07 Å². The zero-order valence-electron chi connectivity index (χ0n) is 16.3. The first-order valence-electron chi connectivity index (χ1n) is 9.96. The van der Waals surface area contributed by atoms with E-state index in [9.17, 15) is 10.1 Å². The zero-order chi connectivity index (χ0) is 21.1. The van der Waals surface area contributed by atoms with Crippen molar-refractivity contribution in [3.8, 4) is 28.3 Å². The highest BCUT2D eigenvalue weighted by molar-refractivity contribution is 6.30. The predicted octanol–water partition coefficient (Wildman–Crippen LogP) is 6.81. The third-order valence-corrected chi connectivity index (χ3v) is 5.80. The molecule has 0 aromatic heterocycles. The Hall–Kier alpha value is -3.16. The Morgan fingerprint density at radius 3 is 2.43 bits per heavy atom. The molecule has 0 saturated heterocycles. The molecule has 1 aliphatic carbocycles. The Morgan fingerprint density at radius 2 is 1.73 bits per heavy atom. The molecule has 4 rings (SSSR count). The van der Waals surface area contributed by atoms with Crippen molar-refractivity contribution in [3.63, 3.8) is 0 Å². The molecule has 1 N–H and O–H groups in total. The predicted molar refractivity (Wildman–Crippen MR) is 118 cm³/mol. The van der Waals surface area contributed by atoms with Crippen molar-refractivity contribution in [2.75, 3.05) is 5.32 Å². The molecular weight excluding hydrogens is 399 g/mol. The number of carbonyl (C=O) groups excluding carboxylic acids is 1. The summed E-state index contributed by atoms with van der Waals surface area (Å²) in [6.07, 6.45) is 3.84. The van der Waals surface area contributed by atoms with Crippen LogP contribution in [0.3, 0.4) is 0 Å². The summed E-state index contributed by atoms with van der Waals surface area (Å²) >= 11 is 6.02. The van der Waals surface area contributed by atoms with Crippen molar-refractivity contribution in [1.29, 1.82) is 5.26 Å². The van der Waals surface area contributed by atoms with E-state index in [-0.39, 0.29) is 11.8 Å². The number of nitrogens with one attached hydrogen (secondary N) is 1. The largest absolute Gasteiger partial charge is 0.325 e. The van der Waals surface area contributed by atoms with Crippen molar-refractivity contribution < 1.29 is 9.18 Å². The summed E-state index contributed by atoms with van der Waals surface area (Å²) in [6, 6.07) is 19.0. The second kappa shape index (κ2) is 8.69. The van der Waals surface area contributed by atoms with Gasteiger partial charge in [0, 0.05) is 27.8 Å². The molecule has 0 aliphatic heterocycles. The Kier molecular flexibility index (Phi) is 5.83. The third-order valence-electron chi connectivity index (χ3n) is 5.55. The summed E-state index contributed by atoms with van der Waals surface area (Å²) in [5, 5.41) is 12.9. The van der Waals surface area contributed by atoms with Crippen molar-refractivity contribution in [2.24, 2.45) is 5.92 Å². The molecule has 150 valence electrons. The van der Waals surface area contributed by atoms with Crippen LogP contribution in [-0.4, -0.2) is 5.91 Å². The van der Waals surface area contributed by atoms with Crippen molar-refractivity contribution in [3.05, 3.63) is 77.1 Å². The highest BCUT2D eigenvalue weighted by Crippen LogP contribution is 2.41. The number of anilines is 1. The normalized spacial score (nSPS) is 13.8. The van der Waals surface area contributed by atoms with Gasteiger partial charge in [-0.15, -0.1) is 0 Å². The minimum Gasteiger partial charge on any atom is -0.325 e. The van der Waals surface area contributed by atoms with Gasteiger partial charge in [0.05, 0.1) is 11.6 Å². The van der Waals surface area contributed by atoms with Crippen LogP contribution in [0.15, 0.2) is 60.7 Å². The van der Waals surface area contributed by atoms with Crippen LogP contribution in [0.4, 0.5) is 10.1 Å². The zero-order valence-corrected chi connectivity index (χ0v) is 17.0. The van der Waals surface area contributed by atoms with Gasteiger partial charge in [-0.1, -0.05) is 48.7 Å². The van der Waals surface area contributed by atoms with Gasteiger partial charge in [-0.2, -0.15) is 5.26 Å². The monoisotopic (exact) mass is 418 g/mol. The second-order valence-electron chi connectivity index (χ2n) is 7.52. The summed E-state index contributed by atoms with van der Waals surface area (Å²) in [5.41, 5.74) is 3.23. The summed E-state index contributed by atoms with van der Waals surface area (Å²) in [7, 11) is 0. The number of nitriles is 1. The number of nitrogens with zero attached hydrogens (tertiary/aromatic N) is 1. The highest BCUT2D eigenvalue weighted by Gasteiger charge is 2.25. The molecule has 1 aliphatic rings. The lowest BCUT2D eigenvalue weighted by molar-refractivity contribution is -0.119. The van der Waals surface area contributed by atoms with E-state index in [0.29, 0.717) is 38.5 Å². The fourth-order valence-electron chi connectivity index (χ4n) is 4.05. The molecule has 3 nitrogen and oxygen atoms in total. The summed E-state index contributed by atoms with van der Waals surface area (Å²) in [6.45, 7) is 0. The van der Waals surface area contributed by atoms with Crippen molar-refractivity contribution >= 4 is 23.2 Å². The molecular formula is C25H20ClFN2O. The molecule has 30 heavy (non-hydrogen) atoms. The maximum Gasteiger partial charge on any atom is 0.227 e. The van der Waals surface area contributed by atoms with Crippen LogP contribution in [0, 0.1) is 23.1 Å². The maximum absolute atomic E-state index is 15.1. The first-order valence-corrected chi connectivity index (χ1v) is 10.3. The van der Waals surface area contributed by atoms with Crippen molar-refractivity contribution in [1.82, 2.24) is 0 Å². The SMILES string of the molecule is N#Cc1cccc(-c2c(NC(=O)C3CCCC3)ccc(F)c2-c2ccc(Cl)cc2)c1. The molecule has 1 amide bonds. The molecule has 0 heterocycles. The molecule has 0 atom stereocenters. The average molecular weight is 419 g/mol. The molecule has 5 heteroatoms. The first-order chi connectivity index (χ1) is 14.6. The van der Waals surface area contributed by atoms with Gasteiger partial charge >= 0.3 is 0 Å². The lowest BCUT2D eigenvalue weighted by atomic mass is 9.91. The molecule has 1 fully saturated rings. The smallest absolute Gasteiger partial charge is 0.227 e. The molecule has 1 saturated carbocycles. The van der Waals surface area contributed by atoms with Crippen LogP contribution < -0.4 is 5.32 Å². The highest BCUT2D eigenvalue weighted by atomic mass is 35.5. The van der Waals surface area contributed by atoms with Crippen LogP contribution >= 0.6 is 11.6 Å². The standard InChI is InChI=1S/C25H20ClFN2O/c26-20-10-8-17(9-11-20)23-21(27)12-13-22(29-25(30)18-5-1-2-6-18)24(23)19-7-3-4-16(14-19)15-28/h3-4,7-14,18H,1-2,5-6H2,(H,29,30). The van der Waals surface area contributed by atoms with E-state index >= 15 is 4.39 Å². The van der Waals surface area contributed by atoms with Gasteiger partial charge in [-0.05, 0) is 60.4 Å². The lowest BCUT2D eigenvalue weighted by Crippen LogP contribution is -2.21. The molecule has 0 spiro atoms. The fourth-order valence-corrected chi connectivity index (χ4v) is 4.17. The third kappa shape index (κ3) is 4.08. The van der Waals surface area contributed by atoms with Crippen molar-refractivity contribution in [2.45, 2.75) is 25.7 Å². The number of amides is 1.